The van der Waals surface area contributed by atoms with Crippen molar-refractivity contribution in [2.24, 2.45) is 0 Å². The molecular weight excluding hydrogens is 355 g/mol. The Morgan fingerprint density at radius 1 is 0.929 bits per heavy atom. The molecule has 0 N–H and O–H groups in total. The molecule has 5 heteroatoms. The minimum atomic E-state index is -0.541. The maximum Gasteiger partial charge on any atom is 0.252 e. The molecule has 2 aromatic carbocycles. The van der Waals surface area contributed by atoms with Crippen LogP contribution in [0.1, 0.15) is 65.8 Å². The minimum absolute atomic E-state index is 0.0658. The molecule has 1 aromatic heterocycles. The first kappa shape index (κ1) is 19.7. The normalized spacial score (nSPS) is 12.4. The molecule has 0 radical (unpaired) electrons. The molecule has 144 valence electrons. The highest BCUT2D eigenvalue weighted by molar-refractivity contribution is 6.52. The molecule has 0 saturated heterocycles. The maximum absolute atomic E-state index is 13.2. The summed E-state index contributed by atoms with van der Waals surface area (Å²) in [6, 6.07) is 13.2. The maximum atomic E-state index is 13.2. The highest BCUT2D eigenvalue weighted by atomic mass is 19.1. The third kappa shape index (κ3) is 3.28. The number of carbonyl (C=O) groups excluding carboxylic acids is 2. The predicted molar refractivity (Wildman–Crippen MR) is 107 cm³/mol. The topological polar surface area (TPSA) is 52.0 Å². The fraction of sp³-hybridized carbons (Fsp3) is 0.261. The molecule has 4 nitrogen and oxygen atoms in total. The molecule has 0 amide bonds. The van der Waals surface area contributed by atoms with Crippen LogP contribution in [0, 0.1) is 5.82 Å². The van der Waals surface area contributed by atoms with E-state index in [0.29, 0.717) is 29.1 Å². The van der Waals surface area contributed by atoms with Crippen molar-refractivity contribution in [3.63, 3.8) is 0 Å². The second kappa shape index (κ2) is 7.89. The Bertz CT molecular complexity index is 1030. The monoisotopic (exact) mass is 378 g/mol. The van der Waals surface area contributed by atoms with Gasteiger partial charge in [0.25, 0.3) is 5.78 Å². The zero-order valence-corrected chi connectivity index (χ0v) is 16.5. The summed E-state index contributed by atoms with van der Waals surface area (Å²) in [5, 5.41) is 0. The van der Waals surface area contributed by atoms with Crippen molar-refractivity contribution < 1.29 is 14.0 Å². The summed E-state index contributed by atoms with van der Waals surface area (Å²) in [4.78, 5) is 30.1. The zero-order chi connectivity index (χ0) is 20.4. The molecule has 0 fully saturated rings. The van der Waals surface area contributed by atoms with Gasteiger partial charge in [-0.3, -0.25) is 9.59 Å². The lowest BCUT2D eigenvalue weighted by atomic mass is 9.90. The Hall–Kier alpha value is -3.08. The summed E-state index contributed by atoms with van der Waals surface area (Å²) in [6.07, 6.45) is 0. The van der Waals surface area contributed by atoms with Gasteiger partial charge < -0.3 is 4.57 Å². The Morgan fingerprint density at radius 3 is 2.14 bits per heavy atom. The van der Waals surface area contributed by atoms with Crippen molar-refractivity contribution in [1.82, 2.24) is 9.55 Å². The predicted octanol–water partition coefficient (Wildman–Crippen LogP) is 5.27. The molecule has 0 unspecified atom stereocenters. The van der Waals surface area contributed by atoms with Crippen LogP contribution in [0.15, 0.2) is 48.5 Å². The number of hydrogen-bond acceptors (Lipinski definition) is 3. The van der Waals surface area contributed by atoms with E-state index in [-0.39, 0.29) is 11.7 Å². The second-order valence-electron chi connectivity index (χ2n) is 6.74. The molecular formula is C23H23FN2O2. The van der Waals surface area contributed by atoms with Gasteiger partial charge in [0.15, 0.2) is 0 Å². The highest BCUT2D eigenvalue weighted by Gasteiger charge is 2.36. The number of halogens is 1. The lowest BCUT2D eigenvalue weighted by molar-refractivity contribution is 0.0810. The Balaban J connectivity index is 0.00000109. The van der Waals surface area contributed by atoms with Gasteiger partial charge in [0, 0.05) is 23.6 Å². The first-order chi connectivity index (χ1) is 13.5. The van der Waals surface area contributed by atoms with E-state index in [1.165, 1.54) is 12.1 Å². The van der Waals surface area contributed by atoms with E-state index in [0.717, 1.165) is 11.4 Å². The van der Waals surface area contributed by atoms with Gasteiger partial charge in [-0.15, -0.1) is 0 Å². The fourth-order valence-corrected chi connectivity index (χ4v) is 3.38. The van der Waals surface area contributed by atoms with Crippen molar-refractivity contribution in [1.29, 1.82) is 0 Å². The molecule has 0 atom stereocenters. The van der Waals surface area contributed by atoms with Crippen LogP contribution in [0.5, 0.6) is 0 Å². The van der Waals surface area contributed by atoms with Crippen molar-refractivity contribution in [2.75, 3.05) is 0 Å². The van der Waals surface area contributed by atoms with Crippen LogP contribution in [0.4, 0.5) is 4.39 Å². The molecule has 0 spiro atoms. The zero-order valence-electron chi connectivity index (χ0n) is 16.5. The molecule has 1 aliphatic carbocycles. The van der Waals surface area contributed by atoms with Crippen LogP contribution < -0.4 is 0 Å². The van der Waals surface area contributed by atoms with Gasteiger partial charge in [-0.25, -0.2) is 9.37 Å². The average Bonchev–Trinajstić information content (AvgIpc) is 3.09. The summed E-state index contributed by atoms with van der Waals surface area (Å²) in [6.45, 7) is 8.34. The van der Waals surface area contributed by atoms with Gasteiger partial charge in [0.1, 0.15) is 23.0 Å². The highest BCUT2D eigenvalue weighted by Crippen LogP contribution is 2.35. The first-order valence-corrected chi connectivity index (χ1v) is 9.50. The molecule has 28 heavy (non-hydrogen) atoms. The van der Waals surface area contributed by atoms with Gasteiger partial charge >= 0.3 is 0 Å². The van der Waals surface area contributed by atoms with Gasteiger partial charge in [0.2, 0.25) is 5.78 Å². The standard InChI is InChI=1S/C21H17FN2O2.C2H6/c1-12(2)21-23-17-15-5-3-4-6-16(15)19(25)20(26)18(17)24(21)11-13-7-9-14(22)10-8-13;1-2/h3-10,12H,11H2,1-2H3;1-2H3. The van der Waals surface area contributed by atoms with E-state index in [4.69, 9.17) is 4.98 Å². The first-order valence-electron chi connectivity index (χ1n) is 9.50. The third-order valence-corrected chi connectivity index (χ3v) is 4.62. The quantitative estimate of drug-likeness (QED) is 0.584. The van der Waals surface area contributed by atoms with E-state index in [1.54, 1.807) is 28.8 Å². The number of carbonyl (C=O) groups is 2. The second-order valence-corrected chi connectivity index (χ2v) is 6.74. The molecule has 0 aliphatic heterocycles. The number of ketones is 2. The van der Waals surface area contributed by atoms with Gasteiger partial charge in [-0.05, 0) is 17.7 Å². The summed E-state index contributed by atoms with van der Waals surface area (Å²) in [7, 11) is 0. The number of hydrogen-bond donors (Lipinski definition) is 0. The number of nitrogens with zero attached hydrogens (tertiary/aromatic N) is 2. The van der Waals surface area contributed by atoms with Gasteiger partial charge in [-0.2, -0.15) is 0 Å². The smallest absolute Gasteiger partial charge is 0.252 e. The Labute approximate surface area is 164 Å². The summed E-state index contributed by atoms with van der Waals surface area (Å²) in [5.41, 5.74) is 2.80. The van der Waals surface area contributed by atoms with E-state index in [2.05, 4.69) is 0 Å². The largest absolute Gasteiger partial charge is 0.320 e. The van der Waals surface area contributed by atoms with Gasteiger partial charge in [0.05, 0.1) is 0 Å². The summed E-state index contributed by atoms with van der Waals surface area (Å²) in [5.74, 6) is -0.567. The van der Waals surface area contributed by atoms with Crippen LogP contribution in [0.2, 0.25) is 0 Å². The van der Waals surface area contributed by atoms with Crippen molar-refractivity contribution >= 4 is 11.6 Å². The SMILES string of the molecule is CC.CC(C)c1nc2c(n1Cc1ccc(F)cc1)C(=O)C(=O)c1ccccc1-2. The number of imidazole rings is 1. The fourth-order valence-electron chi connectivity index (χ4n) is 3.38. The van der Waals surface area contributed by atoms with Crippen LogP contribution in [-0.2, 0) is 6.54 Å². The van der Waals surface area contributed by atoms with Crippen LogP contribution >= 0.6 is 0 Å². The molecule has 0 bridgehead atoms. The lowest BCUT2D eigenvalue weighted by Gasteiger charge is -2.17. The molecule has 4 rings (SSSR count). The number of aromatic nitrogens is 2. The van der Waals surface area contributed by atoms with Crippen LogP contribution in [0.3, 0.4) is 0 Å². The van der Waals surface area contributed by atoms with Crippen LogP contribution in [-0.4, -0.2) is 21.1 Å². The molecule has 0 saturated carbocycles. The van der Waals surface area contributed by atoms with E-state index in [1.807, 2.05) is 39.8 Å². The minimum Gasteiger partial charge on any atom is -0.320 e. The number of rotatable bonds is 3. The van der Waals surface area contributed by atoms with E-state index < -0.39 is 11.6 Å². The number of fused-ring (bicyclic) bond motifs is 3. The lowest BCUT2D eigenvalue weighted by Crippen LogP contribution is -2.24. The third-order valence-electron chi connectivity index (χ3n) is 4.62. The molecule has 3 aromatic rings. The number of benzene rings is 2. The average molecular weight is 378 g/mol. The van der Waals surface area contributed by atoms with Crippen molar-refractivity contribution in [3.8, 4) is 11.3 Å². The summed E-state index contributed by atoms with van der Waals surface area (Å²) >= 11 is 0. The number of Topliss-reactive ketones (excluding diaryl/α,β-unsaturated/α-hetero) is 2. The van der Waals surface area contributed by atoms with Gasteiger partial charge in [-0.1, -0.05) is 64.1 Å². The van der Waals surface area contributed by atoms with Crippen molar-refractivity contribution in [2.45, 2.75) is 40.2 Å². The Kier molecular flexibility index (Phi) is 5.54. The Morgan fingerprint density at radius 2 is 1.54 bits per heavy atom. The van der Waals surface area contributed by atoms with Crippen LogP contribution in [0.25, 0.3) is 11.3 Å². The van der Waals surface area contributed by atoms with Crippen molar-refractivity contribution in [3.05, 3.63) is 77.0 Å². The summed E-state index contributed by atoms with van der Waals surface area (Å²) < 4.78 is 15.0. The van der Waals surface area contributed by atoms with E-state index >= 15 is 0 Å². The molecule has 1 heterocycles. The molecule has 1 aliphatic rings. The van der Waals surface area contributed by atoms with E-state index in [9.17, 15) is 14.0 Å².